The molecule has 0 aliphatic heterocycles. The van der Waals surface area contributed by atoms with Crippen LogP contribution in [0.4, 0.5) is 11.6 Å². The highest BCUT2D eigenvalue weighted by atomic mass is 16.4. The number of amides is 1. The third-order valence-electron chi connectivity index (χ3n) is 6.24. The number of imidazole rings is 1. The number of aromatic carboxylic acids is 1. The maximum absolute atomic E-state index is 12.7. The molecule has 5 aromatic rings. The first kappa shape index (κ1) is 24.6. The Balaban J connectivity index is 1.54. The lowest BCUT2D eigenvalue weighted by atomic mass is 9.87. The summed E-state index contributed by atoms with van der Waals surface area (Å²) in [6.07, 6.45) is 3.29. The van der Waals surface area contributed by atoms with Gasteiger partial charge in [-0.15, -0.1) is 0 Å². The van der Waals surface area contributed by atoms with Crippen molar-refractivity contribution in [2.24, 2.45) is 0 Å². The molecule has 1 amide bonds. The highest BCUT2D eigenvalue weighted by Crippen LogP contribution is 2.33. The zero-order valence-corrected chi connectivity index (χ0v) is 21.1. The fourth-order valence-electron chi connectivity index (χ4n) is 4.14. The first-order chi connectivity index (χ1) is 18.1. The van der Waals surface area contributed by atoms with Crippen molar-refractivity contribution in [2.45, 2.75) is 26.2 Å². The molecule has 0 aliphatic rings. The molecule has 3 aromatic heterocycles. The first-order valence-corrected chi connectivity index (χ1v) is 12.0. The number of anilines is 2. The molecular formula is C29H26N6O3. The number of rotatable bonds is 5. The summed E-state index contributed by atoms with van der Waals surface area (Å²) in [5.74, 6) is -0.0971. The molecular weight excluding hydrogens is 480 g/mol. The highest BCUT2D eigenvalue weighted by Gasteiger charge is 2.20. The van der Waals surface area contributed by atoms with E-state index in [1.165, 1.54) is 24.3 Å². The van der Waals surface area contributed by atoms with Crippen molar-refractivity contribution < 1.29 is 14.7 Å². The van der Waals surface area contributed by atoms with Gasteiger partial charge in [-0.1, -0.05) is 26.8 Å². The molecule has 0 saturated carbocycles. The van der Waals surface area contributed by atoms with Crippen LogP contribution in [0.3, 0.4) is 0 Å². The van der Waals surface area contributed by atoms with E-state index in [1.54, 1.807) is 18.5 Å². The fraction of sp³-hybridized carbons (Fsp3) is 0.138. The zero-order chi connectivity index (χ0) is 27.0. The van der Waals surface area contributed by atoms with Crippen LogP contribution in [0.1, 0.15) is 47.1 Å². The van der Waals surface area contributed by atoms with Gasteiger partial charge in [0.25, 0.3) is 5.91 Å². The van der Waals surface area contributed by atoms with E-state index >= 15 is 0 Å². The van der Waals surface area contributed by atoms with Crippen molar-refractivity contribution in [3.8, 4) is 17.1 Å². The van der Waals surface area contributed by atoms with E-state index in [0.29, 0.717) is 28.6 Å². The lowest BCUT2D eigenvalue weighted by Gasteiger charge is -2.19. The molecule has 0 spiro atoms. The second kappa shape index (κ2) is 9.44. The van der Waals surface area contributed by atoms with Crippen LogP contribution in [0.15, 0.2) is 79.1 Å². The third-order valence-corrected chi connectivity index (χ3v) is 6.24. The molecule has 38 heavy (non-hydrogen) atoms. The number of carboxylic acids is 1. The van der Waals surface area contributed by atoms with Gasteiger partial charge in [0, 0.05) is 11.8 Å². The fourth-order valence-corrected chi connectivity index (χ4v) is 4.14. The normalized spacial score (nSPS) is 11.4. The molecule has 9 heteroatoms. The van der Waals surface area contributed by atoms with Gasteiger partial charge in [0.1, 0.15) is 17.5 Å². The van der Waals surface area contributed by atoms with Gasteiger partial charge >= 0.3 is 5.97 Å². The minimum atomic E-state index is -1.05. The lowest BCUT2D eigenvalue weighted by molar-refractivity contribution is 0.0696. The van der Waals surface area contributed by atoms with Crippen LogP contribution in [0.5, 0.6) is 0 Å². The van der Waals surface area contributed by atoms with Crippen LogP contribution in [-0.2, 0) is 5.41 Å². The summed E-state index contributed by atoms with van der Waals surface area (Å²) in [6.45, 7) is 6.47. The highest BCUT2D eigenvalue weighted by molar-refractivity contribution is 6.04. The Morgan fingerprint density at radius 1 is 0.947 bits per heavy atom. The number of hydrogen-bond acceptors (Lipinski definition) is 6. The molecule has 0 aliphatic carbocycles. The molecule has 4 N–H and O–H groups in total. The van der Waals surface area contributed by atoms with E-state index < -0.39 is 11.9 Å². The van der Waals surface area contributed by atoms with Gasteiger partial charge < -0.3 is 16.2 Å². The van der Waals surface area contributed by atoms with E-state index in [2.05, 4.69) is 48.2 Å². The average Bonchev–Trinajstić information content (AvgIpc) is 3.27. The number of nitrogen functional groups attached to an aromatic ring is 1. The van der Waals surface area contributed by atoms with Crippen molar-refractivity contribution in [3.63, 3.8) is 0 Å². The Morgan fingerprint density at radius 2 is 1.68 bits per heavy atom. The second-order valence-corrected chi connectivity index (χ2v) is 9.90. The van der Waals surface area contributed by atoms with Crippen LogP contribution >= 0.6 is 0 Å². The second-order valence-electron chi connectivity index (χ2n) is 9.90. The lowest BCUT2D eigenvalue weighted by Crippen LogP contribution is -2.13. The topological polar surface area (TPSA) is 136 Å². The summed E-state index contributed by atoms with van der Waals surface area (Å²) in [4.78, 5) is 37.3. The van der Waals surface area contributed by atoms with Crippen molar-refractivity contribution in [1.82, 2.24) is 19.5 Å². The minimum Gasteiger partial charge on any atom is -0.478 e. The number of fused-ring (bicyclic) bond motifs is 1. The van der Waals surface area contributed by atoms with Crippen molar-refractivity contribution in [3.05, 3.63) is 95.8 Å². The largest absolute Gasteiger partial charge is 0.478 e. The number of nitrogens with two attached hydrogens (primary N) is 1. The first-order valence-electron chi connectivity index (χ1n) is 12.0. The number of carbonyl (C=O) groups excluding carboxylic acids is 1. The van der Waals surface area contributed by atoms with Crippen LogP contribution in [0.25, 0.3) is 28.1 Å². The summed E-state index contributed by atoms with van der Waals surface area (Å²) in [6, 6.07) is 19.1. The van der Waals surface area contributed by atoms with E-state index in [1.807, 2.05) is 28.8 Å². The number of carboxylic acid groups (broad SMARTS) is 1. The molecule has 0 unspecified atom stereocenters. The molecule has 0 saturated heterocycles. The van der Waals surface area contributed by atoms with Crippen molar-refractivity contribution in [2.75, 3.05) is 11.1 Å². The Labute approximate surface area is 219 Å². The maximum Gasteiger partial charge on any atom is 0.335 e. The van der Waals surface area contributed by atoms with E-state index in [-0.39, 0.29) is 11.0 Å². The molecule has 2 aromatic carbocycles. The molecule has 9 nitrogen and oxygen atoms in total. The van der Waals surface area contributed by atoms with Crippen LogP contribution in [-0.4, -0.2) is 36.5 Å². The maximum atomic E-state index is 12.7. The quantitative estimate of drug-likeness (QED) is 0.294. The van der Waals surface area contributed by atoms with Gasteiger partial charge in [0.2, 0.25) is 0 Å². The predicted octanol–water partition coefficient (Wildman–Crippen LogP) is 5.31. The monoisotopic (exact) mass is 506 g/mol. The van der Waals surface area contributed by atoms with Gasteiger partial charge in [-0.25, -0.2) is 19.7 Å². The van der Waals surface area contributed by atoms with E-state index in [9.17, 15) is 9.59 Å². The molecule has 190 valence electrons. The van der Waals surface area contributed by atoms with Crippen molar-refractivity contribution in [1.29, 1.82) is 0 Å². The van der Waals surface area contributed by atoms with Crippen molar-refractivity contribution >= 4 is 34.5 Å². The predicted molar refractivity (Wildman–Crippen MR) is 147 cm³/mol. The Morgan fingerprint density at radius 3 is 2.32 bits per heavy atom. The van der Waals surface area contributed by atoms with Crippen LogP contribution in [0, 0.1) is 0 Å². The van der Waals surface area contributed by atoms with Gasteiger partial charge in [-0.05, 0) is 71.6 Å². The molecule has 5 rings (SSSR count). The smallest absolute Gasteiger partial charge is 0.335 e. The number of nitrogens with one attached hydrogen (secondary N) is 1. The minimum absolute atomic E-state index is 0.0637. The molecule has 0 fully saturated rings. The number of pyridine rings is 2. The molecule has 0 radical (unpaired) electrons. The van der Waals surface area contributed by atoms with Crippen LogP contribution < -0.4 is 11.1 Å². The van der Waals surface area contributed by atoms with E-state index in [0.717, 1.165) is 22.3 Å². The third kappa shape index (κ3) is 4.69. The van der Waals surface area contributed by atoms with Gasteiger partial charge in [-0.2, -0.15) is 0 Å². The number of carbonyl (C=O) groups is 2. The summed E-state index contributed by atoms with van der Waals surface area (Å²) in [7, 11) is 0. The van der Waals surface area contributed by atoms with Gasteiger partial charge in [-0.3, -0.25) is 9.36 Å². The summed E-state index contributed by atoms with van der Waals surface area (Å²) < 4.78 is 1.99. The Bertz CT molecular complexity index is 1670. The molecule has 3 heterocycles. The zero-order valence-electron chi connectivity index (χ0n) is 21.1. The average molecular weight is 507 g/mol. The Kier molecular flexibility index (Phi) is 6.12. The Hall–Kier alpha value is -5.05. The number of aromatic nitrogens is 4. The molecule has 0 bridgehead atoms. The van der Waals surface area contributed by atoms with Crippen LogP contribution in [0.2, 0.25) is 0 Å². The number of hydrogen-bond donors (Lipinski definition) is 3. The van der Waals surface area contributed by atoms with Gasteiger partial charge in [0.15, 0.2) is 0 Å². The summed E-state index contributed by atoms with van der Waals surface area (Å²) >= 11 is 0. The summed E-state index contributed by atoms with van der Waals surface area (Å²) in [5, 5.41) is 11.8. The van der Waals surface area contributed by atoms with E-state index in [4.69, 9.17) is 15.8 Å². The SMILES string of the molecule is CC(C)(C)c1ccc2nc(-c3cccnc3N)n(-c3ccc(NC(=O)c4ccc(C(=O)O)cc4)nc3)c2c1. The van der Waals surface area contributed by atoms with Gasteiger partial charge in [0.05, 0.1) is 34.0 Å². The summed E-state index contributed by atoms with van der Waals surface area (Å²) in [5.41, 5.74) is 10.9. The number of benzene rings is 2. The number of nitrogens with zero attached hydrogens (tertiary/aromatic N) is 4. The molecule has 0 atom stereocenters. The standard InChI is InChI=1S/C29H26N6O3/c1-29(2,3)19-10-12-22-23(15-19)35(26(33-22)21-5-4-14-31-25(21)30)20-11-13-24(32-16-20)34-27(36)17-6-8-18(9-7-17)28(37)38/h4-16H,1-3H3,(H2,30,31)(H,37,38)(H,32,34,36).